The van der Waals surface area contributed by atoms with Crippen molar-refractivity contribution in [2.24, 2.45) is 4.99 Å². The van der Waals surface area contributed by atoms with E-state index in [0.717, 1.165) is 22.9 Å². The summed E-state index contributed by atoms with van der Waals surface area (Å²) in [6, 6.07) is 14.6. The maximum Gasteiger partial charge on any atom is 0.283 e. The van der Waals surface area contributed by atoms with Gasteiger partial charge in [0.05, 0.1) is 11.4 Å². The molecule has 2 amide bonds. The quantitative estimate of drug-likeness (QED) is 0.552. The van der Waals surface area contributed by atoms with Crippen LogP contribution < -0.4 is 19.7 Å². The summed E-state index contributed by atoms with van der Waals surface area (Å²) in [7, 11) is 0. The number of amides is 2. The fourth-order valence-electron chi connectivity index (χ4n) is 3.41. The first-order valence-corrected chi connectivity index (χ1v) is 11.4. The second-order valence-electron chi connectivity index (χ2n) is 7.67. The van der Waals surface area contributed by atoms with E-state index in [4.69, 9.17) is 14.0 Å². The average Bonchev–Trinajstić information content (AvgIpc) is 3.52. The van der Waals surface area contributed by atoms with Gasteiger partial charge in [0.25, 0.3) is 5.91 Å². The molecule has 10 heteroatoms. The topological polar surface area (TPSA) is 106 Å². The molecule has 1 aromatic heterocycles. The Morgan fingerprint density at radius 2 is 1.91 bits per heavy atom. The third-order valence-electron chi connectivity index (χ3n) is 5.05. The van der Waals surface area contributed by atoms with E-state index in [1.54, 1.807) is 31.2 Å². The third kappa shape index (κ3) is 4.53. The van der Waals surface area contributed by atoms with Gasteiger partial charge in [0.1, 0.15) is 11.5 Å². The number of carbonyl (C=O) groups is 2. The Kier molecular flexibility index (Phi) is 5.81. The van der Waals surface area contributed by atoms with Crippen LogP contribution in [0.2, 0.25) is 0 Å². The summed E-state index contributed by atoms with van der Waals surface area (Å²) in [5.74, 6) is 1.69. The molecule has 0 saturated heterocycles. The van der Waals surface area contributed by atoms with Crippen molar-refractivity contribution in [3.05, 3.63) is 71.1 Å². The number of aliphatic imine (C=N–C) groups is 1. The molecule has 0 atom stereocenters. The molecule has 0 saturated carbocycles. The van der Waals surface area contributed by atoms with Crippen LogP contribution in [-0.2, 0) is 9.59 Å². The summed E-state index contributed by atoms with van der Waals surface area (Å²) in [6.07, 6.45) is 1.69. The van der Waals surface area contributed by atoms with Crippen molar-refractivity contribution in [1.82, 2.24) is 5.16 Å². The molecule has 34 heavy (non-hydrogen) atoms. The van der Waals surface area contributed by atoms with Crippen molar-refractivity contribution in [3.63, 3.8) is 0 Å². The largest absolute Gasteiger partial charge is 0.454 e. The lowest BCUT2D eigenvalue weighted by Crippen LogP contribution is -2.31. The van der Waals surface area contributed by atoms with Gasteiger partial charge in [-0.05, 0) is 49.8 Å². The average molecular weight is 477 g/mol. The third-order valence-corrected chi connectivity index (χ3v) is 5.99. The van der Waals surface area contributed by atoms with Crippen molar-refractivity contribution in [2.75, 3.05) is 22.8 Å². The smallest absolute Gasteiger partial charge is 0.283 e. The number of amidine groups is 1. The van der Waals surface area contributed by atoms with Gasteiger partial charge in [-0.2, -0.15) is 0 Å². The Morgan fingerprint density at radius 3 is 2.68 bits per heavy atom. The zero-order valence-corrected chi connectivity index (χ0v) is 19.2. The Morgan fingerprint density at radius 1 is 1.12 bits per heavy atom. The van der Waals surface area contributed by atoms with E-state index in [-0.39, 0.29) is 30.1 Å². The number of thioether (sulfide) groups is 1. The summed E-state index contributed by atoms with van der Waals surface area (Å²) in [6.45, 7) is 3.88. The summed E-state index contributed by atoms with van der Waals surface area (Å²) in [5, 5.41) is 6.84. The second-order valence-corrected chi connectivity index (χ2v) is 8.61. The first kappa shape index (κ1) is 21.8. The molecular weight excluding hydrogens is 456 g/mol. The molecule has 0 unspecified atom stereocenters. The normalized spacial score (nSPS) is 15.7. The highest BCUT2D eigenvalue weighted by atomic mass is 32.2. The molecule has 1 N–H and O–H groups in total. The van der Waals surface area contributed by atoms with Crippen LogP contribution in [0.4, 0.5) is 11.5 Å². The van der Waals surface area contributed by atoms with Crippen LogP contribution in [0.1, 0.15) is 16.9 Å². The molecule has 172 valence electrons. The predicted molar refractivity (Wildman–Crippen MR) is 129 cm³/mol. The number of hydrogen-bond acceptors (Lipinski definition) is 8. The van der Waals surface area contributed by atoms with E-state index in [1.165, 1.54) is 4.90 Å². The number of aryl methyl sites for hydroxylation is 2. The highest BCUT2D eigenvalue weighted by Crippen LogP contribution is 2.34. The summed E-state index contributed by atoms with van der Waals surface area (Å²) in [4.78, 5) is 31.8. The van der Waals surface area contributed by atoms with Crippen LogP contribution in [0.15, 0.2) is 63.7 Å². The first-order chi connectivity index (χ1) is 16.5. The number of ether oxygens (including phenoxy) is 2. The van der Waals surface area contributed by atoms with Crippen LogP contribution in [0.25, 0.3) is 6.08 Å². The van der Waals surface area contributed by atoms with E-state index in [0.29, 0.717) is 33.9 Å². The molecule has 0 bridgehead atoms. The summed E-state index contributed by atoms with van der Waals surface area (Å²) < 4.78 is 15.7. The molecule has 2 aliphatic rings. The van der Waals surface area contributed by atoms with Gasteiger partial charge in [0.15, 0.2) is 22.5 Å². The Bertz CT molecular complexity index is 1330. The van der Waals surface area contributed by atoms with E-state index in [9.17, 15) is 9.59 Å². The minimum absolute atomic E-state index is 0.0394. The van der Waals surface area contributed by atoms with Crippen LogP contribution in [0, 0.1) is 13.8 Å². The SMILES string of the molecule is Cc1ccc(N2C(=O)C(=Cc3ccc4c(c3)OCO4)N=C2SCC(=O)Nc2cc(C)on2)cc1. The van der Waals surface area contributed by atoms with Gasteiger partial charge in [-0.1, -0.05) is 40.7 Å². The van der Waals surface area contributed by atoms with Crippen LogP contribution >= 0.6 is 11.8 Å². The number of aromatic nitrogens is 1. The number of carbonyl (C=O) groups excluding carboxylic acids is 2. The number of fused-ring (bicyclic) bond motifs is 1. The van der Waals surface area contributed by atoms with E-state index in [1.807, 2.05) is 37.3 Å². The minimum atomic E-state index is -0.287. The molecule has 0 radical (unpaired) electrons. The zero-order chi connectivity index (χ0) is 23.7. The molecule has 2 aliphatic heterocycles. The van der Waals surface area contributed by atoms with Crippen molar-refractivity contribution in [3.8, 4) is 11.5 Å². The highest BCUT2D eigenvalue weighted by molar-refractivity contribution is 8.14. The number of nitrogens with one attached hydrogen (secondary N) is 1. The fourth-order valence-corrected chi connectivity index (χ4v) is 4.22. The zero-order valence-electron chi connectivity index (χ0n) is 18.4. The van der Waals surface area contributed by atoms with Gasteiger partial charge < -0.3 is 19.3 Å². The standard InChI is InChI=1S/C24H20N4O5S/c1-14-3-6-17(7-4-14)28-23(30)18(10-16-5-8-19-20(11-16)32-13-31-19)25-24(28)34-12-22(29)26-21-9-15(2)33-27-21/h3-11H,12-13H2,1-2H3,(H,26,27,29). The van der Waals surface area contributed by atoms with Gasteiger partial charge in [0.2, 0.25) is 12.7 Å². The highest BCUT2D eigenvalue weighted by Gasteiger charge is 2.32. The summed E-state index contributed by atoms with van der Waals surface area (Å²) in [5.41, 5.74) is 2.75. The lowest BCUT2D eigenvalue weighted by atomic mass is 10.1. The molecule has 2 aromatic carbocycles. The molecular formula is C24H20N4O5S. The van der Waals surface area contributed by atoms with Gasteiger partial charge in [0, 0.05) is 6.07 Å². The van der Waals surface area contributed by atoms with Crippen molar-refractivity contribution >= 4 is 46.3 Å². The molecule has 3 heterocycles. The first-order valence-electron chi connectivity index (χ1n) is 10.4. The maximum absolute atomic E-state index is 13.3. The lowest BCUT2D eigenvalue weighted by molar-refractivity contribution is -0.114. The fraction of sp³-hybridized carbons (Fsp3) is 0.167. The molecule has 0 aliphatic carbocycles. The van der Waals surface area contributed by atoms with Crippen LogP contribution in [-0.4, -0.2) is 34.7 Å². The monoisotopic (exact) mass is 476 g/mol. The minimum Gasteiger partial charge on any atom is -0.454 e. The number of hydrogen-bond donors (Lipinski definition) is 1. The van der Waals surface area contributed by atoms with Gasteiger partial charge in [-0.15, -0.1) is 0 Å². The van der Waals surface area contributed by atoms with Crippen molar-refractivity contribution < 1.29 is 23.6 Å². The Hall–Kier alpha value is -4.05. The van der Waals surface area contributed by atoms with Gasteiger partial charge in [-0.3, -0.25) is 14.5 Å². The van der Waals surface area contributed by atoms with E-state index < -0.39 is 0 Å². The predicted octanol–water partition coefficient (Wildman–Crippen LogP) is 4.14. The van der Waals surface area contributed by atoms with Crippen LogP contribution in [0.3, 0.4) is 0 Å². The molecule has 0 fully saturated rings. The number of rotatable bonds is 5. The van der Waals surface area contributed by atoms with E-state index in [2.05, 4.69) is 15.5 Å². The Balaban J connectivity index is 1.39. The number of nitrogens with zero attached hydrogens (tertiary/aromatic N) is 3. The molecule has 0 spiro atoms. The second kappa shape index (κ2) is 9.06. The maximum atomic E-state index is 13.3. The number of anilines is 2. The van der Waals surface area contributed by atoms with Crippen LogP contribution in [0.5, 0.6) is 11.5 Å². The molecule has 5 rings (SSSR count). The van der Waals surface area contributed by atoms with Crippen molar-refractivity contribution in [1.29, 1.82) is 0 Å². The summed E-state index contributed by atoms with van der Waals surface area (Å²) >= 11 is 1.16. The van der Waals surface area contributed by atoms with E-state index >= 15 is 0 Å². The molecule has 9 nitrogen and oxygen atoms in total. The lowest BCUT2D eigenvalue weighted by Gasteiger charge is -2.17. The van der Waals surface area contributed by atoms with Gasteiger partial charge >= 0.3 is 0 Å². The van der Waals surface area contributed by atoms with Crippen molar-refractivity contribution in [2.45, 2.75) is 13.8 Å². The van der Waals surface area contributed by atoms with Gasteiger partial charge in [-0.25, -0.2) is 4.99 Å². The Labute approximate surface area is 199 Å². The molecule has 3 aromatic rings. The number of benzene rings is 2.